The van der Waals surface area contributed by atoms with E-state index in [9.17, 15) is 14.0 Å². The van der Waals surface area contributed by atoms with Crippen molar-refractivity contribution in [2.45, 2.75) is 13.0 Å². The van der Waals surface area contributed by atoms with Crippen LogP contribution in [-0.2, 0) is 4.79 Å². The first kappa shape index (κ1) is 17.0. The predicted octanol–water partition coefficient (Wildman–Crippen LogP) is 3.09. The van der Waals surface area contributed by atoms with Gasteiger partial charge in [-0.05, 0) is 49.4 Å². The minimum atomic E-state index is -0.901. The molecule has 0 fully saturated rings. The van der Waals surface area contributed by atoms with Crippen LogP contribution >= 0.6 is 15.9 Å². The standard InChI is InChI=1S/C16H14BrFN2O3/c1-9(23-14-7-4-11(17)8-13(14)18)16(22)20-12-5-2-10(3-6-12)15(19)21/h2-9H,1H3,(H2,19,21)(H,20,22). The molecule has 0 aromatic heterocycles. The zero-order chi connectivity index (χ0) is 17.0. The fraction of sp³-hybridized carbons (Fsp3) is 0.125. The second-order valence-electron chi connectivity index (χ2n) is 4.77. The van der Waals surface area contributed by atoms with Crippen molar-refractivity contribution in [1.29, 1.82) is 0 Å². The van der Waals surface area contributed by atoms with Crippen LogP contribution in [0.15, 0.2) is 46.9 Å². The van der Waals surface area contributed by atoms with Crippen molar-refractivity contribution >= 4 is 33.4 Å². The van der Waals surface area contributed by atoms with E-state index in [0.29, 0.717) is 15.7 Å². The number of anilines is 1. The number of halogens is 2. The number of hydrogen-bond donors (Lipinski definition) is 2. The number of rotatable bonds is 5. The van der Waals surface area contributed by atoms with Gasteiger partial charge in [-0.1, -0.05) is 15.9 Å². The molecule has 0 spiro atoms. The maximum absolute atomic E-state index is 13.7. The van der Waals surface area contributed by atoms with E-state index in [4.69, 9.17) is 10.5 Å². The van der Waals surface area contributed by atoms with Crippen LogP contribution in [0.5, 0.6) is 5.75 Å². The van der Waals surface area contributed by atoms with E-state index >= 15 is 0 Å². The average molecular weight is 381 g/mol. The highest BCUT2D eigenvalue weighted by atomic mass is 79.9. The highest BCUT2D eigenvalue weighted by molar-refractivity contribution is 9.10. The molecule has 0 aliphatic carbocycles. The summed E-state index contributed by atoms with van der Waals surface area (Å²) >= 11 is 3.14. The molecule has 2 aromatic rings. The van der Waals surface area contributed by atoms with Gasteiger partial charge in [-0.25, -0.2) is 4.39 Å². The molecule has 2 rings (SSSR count). The zero-order valence-electron chi connectivity index (χ0n) is 12.2. The van der Waals surface area contributed by atoms with Gasteiger partial charge in [0.2, 0.25) is 5.91 Å². The van der Waals surface area contributed by atoms with E-state index in [0.717, 1.165) is 0 Å². The van der Waals surface area contributed by atoms with Crippen LogP contribution in [0.4, 0.5) is 10.1 Å². The van der Waals surface area contributed by atoms with Crippen LogP contribution in [0.3, 0.4) is 0 Å². The molecule has 0 bridgehead atoms. The number of amides is 2. The molecule has 0 aliphatic heterocycles. The lowest BCUT2D eigenvalue weighted by molar-refractivity contribution is -0.122. The number of carbonyl (C=O) groups excluding carboxylic acids is 2. The topological polar surface area (TPSA) is 81.4 Å². The summed E-state index contributed by atoms with van der Waals surface area (Å²) in [6.45, 7) is 1.51. The van der Waals surface area contributed by atoms with Crippen molar-refractivity contribution < 1.29 is 18.7 Å². The first-order chi connectivity index (χ1) is 10.9. The zero-order valence-corrected chi connectivity index (χ0v) is 13.8. The van der Waals surface area contributed by atoms with Gasteiger partial charge >= 0.3 is 0 Å². The lowest BCUT2D eigenvalue weighted by Crippen LogP contribution is -2.30. The lowest BCUT2D eigenvalue weighted by Gasteiger charge is -2.15. The van der Waals surface area contributed by atoms with Crippen LogP contribution in [-0.4, -0.2) is 17.9 Å². The van der Waals surface area contributed by atoms with Crippen molar-refractivity contribution in [3.05, 3.63) is 58.3 Å². The first-order valence-electron chi connectivity index (χ1n) is 6.69. The molecular formula is C16H14BrFN2O3. The minimum Gasteiger partial charge on any atom is -0.478 e. The monoisotopic (exact) mass is 380 g/mol. The predicted molar refractivity (Wildman–Crippen MR) is 87.8 cm³/mol. The molecule has 0 radical (unpaired) electrons. The van der Waals surface area contributed by atoms with Gasteiger partial charge in [0.25, 0.3) is 5.91 Å². The summed E-state index contributed by atoms with van der Waals surface area (Å²) in [4.78, 5) is 23.0. The summed E-state index contributed by atoms with van der Waals surface area (Å²) in [6, 6.07) is 10.4. The van der Waals surface area contributed by atoms with Gasteiger partial charge in [0.05, 0.1) is 0 Å². The highest BCUT2D eigenvalue weighted by Crippen LogP contribution is 2.22. The van der Waals surface area contributed by atoms with Crippen molar-refractivity contribution in [2.24, 2.45) is 5.73 Å². The van der Waals surface area contributed by atoms with Crippen LogP contribution in [0, 0.1) is 5.82 Å². The van der Waals surface area contributed by atoms with Crippen molar-refractivity contribution in [3.63, 3.8) is 0 Å². The largest absolute Gasteiger partial charge is 0.478 e. The molecule has 2 amide bonds. The minimum absolute atomic E-state index is 0.0140. The van der Waals surface area contributed by atoms with Crippen LogP contribution in [0.1, 0.15) is 17.3 Å². The summed E-state index contributed by atoms with van der Waals surface area (Å²) < 4.78 is 19.6. The van der Waals surface area contributed by atoms with Gasteiger partial charge in [0, 0.05) is 15.7 Å². The molecule has 23 heavy (non-hydrogen) atoms. The normalized spacial score (nSPS) is 11.6. The van der Waals surface area contributed by atoms with Crippen molar-refractivity contribution in [2.75, 3.05) is 5.32 Å². The Morgan fingerprint density at radius 1 is 1.22 bits per heavy atom. The van der Waals surface area contributed by atoms with Gasteiger partial charge < -0.3 is 15.8 Å². The Morgan fingerprint density at radius 3 is 2.43 bits per heavy atom. The number of hydrogen-bond acceptors (Lipinski definition) is 3. The van der Waals surface area contributed by atoms with E-state index in [-0.39, 0.29) is 5.75 Å². The third kappa shape index (κ3) is 4.53. The van der Waals surface area contributed by atoms with Crippen LogP contribution < -0.4 is 15.8 Å². The molecule has 1 atom stereocenters. The molecular weight excluding hydrogens is 367 g/mol. The number of carbonyl (C=O) groups is 2. The van der Waals surface area contributed by atoms with E-state index in [1.54, 1.807) is 18.2 Å². The van der Waals surface area contributed by atoms with Crippen LogP contribution in [0.25, 0.3) is 0 Å². The van der Waals surface area contributed by atoms with Gasteiger partial charge in [0.15, 0.2) is 17.7 Å². The number of benzene rings is 2. The summed E-state index contributed by atoms with van der Waals surface area (Å²) in [6.07, 6.45) is -0.901. The van der Waals surface area contributed by atoms with Gasteiger partial charge in [-0.15, -0.1) is 0 Å². The van der Waals surface area contributed by atoms with Gasteiger partial charge in [-0.2, -0.15) is 0 Å². The molecule has 0 aliphatic rings. The number of ether oxygens (including phenoxy) is 1. The lowest BCUT2D eigenvalue weighted by atomic mass is 10.2. The second-order valence-corrected chi connectivity index (χ2v) is 5.68. The Bertz CT molecular complexity index is 735. The SMILES string of the molecule is CC(Oc1ccc(Br)cc1F)C(=O)Nc1ccc(C(N)=O)cc1. The van der Waals surface area contributed by atoms with Gasteiger partial charge in [0.1, 0.15) is 0 Å². The van der Waals surface area contributed by atoms with Crippen molar-refractivity contribution in [3.8, 4) is 5.75 Å². The quantitative estimate of drug-likeness (QED) is 0.835. The summed E-state index contributed by atoms with van der Waals surface area (Å²) in [5, 5.41) is 2.61. The van der Waals surface area contributed by atoms with E-state index in [1.807, 2.05) is 0 Å². The Balaban J connectivity index is 2.00. The molecule has 0 saturated heterocycles. The number of nitrogens with one attached hydrogen (secondary N) is 1. The van der Waals surface area contributed by atoms with E-state index in [1.165, 1.54) is 31.2 Å². The molecule has 3 N–H and O–H groups in total. The van der Waals surface area contributed by atoms with Crippen molar-refractivity contribution in [1.82, 2.24) is 0 Å². The summed E-state index contributed by atoms with van der Waals surface area (Å²) in [5.74, 6) is -1.57. The molecule has 7 heteroatoms. The molecule has 120 valence electrons. The molecule has 1 unspecified atom stereocenters. The highest BCUT2D eigenvalue weighted by Gasteiger charge is 2.17. The summed E-state index contributed by atoms with van der Waals surface area (Å²) in [5.41, 5.74) is 5.95. The summed E-state index contributed by atoms with van der Waals surface area (Å²) in [7, 11) is 0. The average Bonchev–Trinajstić information content (AvgIpc) is 2.50. The molecule has 0 saturated carbocycles. The molecule has 0 heterocycles. The fourth-order valence-corrected chi connectivity index (χ4v) is 2.11. The first-order valence-corrected chi connectivity index (χ1v) is 7.48. The Hall–Kier alpha value is -2.41. The fourth-order valence-electron chi connectivity index (χ4n) is 1.78. The number of primary amides is 1. The third-order valence-corrected chi connectivity index (χ3v) is 3.50. The maximum atomic E-state index is 13.7. The van der Waals surface area contributed by atoms with E-state index in [2.05, 4.69) is 21.2 Å². The Kier molecular flexibility index (Phi) is 5.33. The third-order valence-electron chi connectivity index (χ3n) is 3.00. The maximum Gasteiger partial charge on any atom is 0.265 e. The van der Waals surface area contributed by atoms with Gasteiger partial charge in [-0.3, -0.25) is 9.59 Å². The van der Waals surface area contributed by atoms with E-state index < -0.39 is 23.7 Å². The number of nitrogens with two attached hydrogens (primary N) is 1. The van der Waals surface area contributed by atoms with Crippen LogP contribution in [0.2, 0.25) is 0 Å². The Labute approximate surface area is 140 Å². The second kappa shape index (κ2) is 7.23. The Morgan fingerprint density at radius 2 is 1.87 bits per heavy atom. The molecule has 5 nitrogen and oxygen atoms in total. The molecule has 2 aromatic carbocycles. The smallest absolute Gasteiger partial charge is 0.265 e.